The molecule has 1 unspecified atom stereocenters. The van der Waals surface area contributed by atoms with Gasteiger partial charge in [-0.3, -0.25) is 4.99 Å². The van der Waals surface area contributed by atoms with Crippen molar-refractivity contribution < 1.29 is 9.53 Å². The summed E-state index contributed by atoms with van der Waals surface area (Å²) in [5, 5.41) is 0. The van der Waals surface area contributed by atoms with E-state index in [0.29, 0.717) is 11.5 Å². The summed E-state index contributed by atoms with van der Waals surface area (Å²) >= 11 is 0. The summed E-state index contributed by atoms with van der Waals surface area (Å²) in [7, 11) is 1.39. The monoisotopic (exact) mass is 203 g/mol. The molecule has 0 fully saturated rings. The molecule has 0 spiro atoms. The van der Waals surface area contributed by atoms with Gasteiger partial charge in [-0.1, -0.05) is 6.92 Å². The van der Waals surface area contributed by atoms with E-state index in [0.717, 1.165) is 17.7 Å². The van der Waals surface area contributed by atoms with Crippen LogP contribution in [0, 0.1) is 0 Å². The zero-order valence-electron chi connectivity index (χ0n) is 8.86. The second-order valence-corrected chi connectivity index (χ2v) is 3.56. The molecule has 0 aromatic heterocycles. The smallest absolute Gasteiger partial charge is 0.337 e. The molecule has 0 saturated carbocycles. The van der Waals surface area contributed by atoms with Crippen molar-refractivity contribution in [3.63, 3.8) is 0 Å². The van der Waals surface area contributed by atoms with Crippen molar-refractivity contribution in [2.75, 3.05) is 7.11 Å². The number of benzene rings is 1. The molecule has 78 valence electrons. The lowest BCUT2D eigenvalue weighted by Crippen LogP contribution is -2.02. The van der Waals surface area contributed by atoms with Crippen LogP contribution in [-0.2, 0) is 4.74 Å². The molecule has 0 N–H and O–H groups in total. The molecular weight excluding hydrogens is 190 g/mol. The lowest BCUT2D eigenvalue weighted by molar-refractivity contribution is 0.0600. The average Bonchev–Trinajstić information content (AvgIpc) is 2.69. The Bertz CT molecular complexity index is 424. The van der Waals surface area contributed by atoms with Crippen LogP contribution in [0.2, 0.25) is 0 Å². The SMILES string of the molecule is CCC1C=Nc2ccc(C(=O)OC)cc21. The average molecular weight is 203 g/mol. The van der Waals surface area contributed by atoms with Gasteiger partial charge in [0, 0.05) is 12.1 Å². The summed E-state index contributed by atoms with van der Waals surface area (Å²) in [5.41, 5.74) is 2.69. The molecule has 0 aliphatic carbocycles. The Hall–Kier alpha value is -1.64. The van der Waals surface area contributed by atoms with Crippen molar-refractivity contribution in [1.29, 1.82) is 0 Å². The van der Waals surface area contributed by atoms with E-state index in [9.17, 15) is 4.79 Å². The molecule has 0 saturated heterocycles. The topological polar surface area (TPSA) is 38.7 Å². The molecule has 1 aliphatic heterocycles. The van der Waals surface area contributed by atoms with Crippen molar-refractivity contribution in [2.24, 2.45) is 4.99 Å². The van der Waals surface area contributed by atoms with E-state index in [1.807, 2.05) is 18.3 Å². The first kappa shape index (κ1) is 9.90. The zero-order chi connectivity index (χ0) is 10.8. The van der Waals surface area contributed by atoms with Crippen LogP contribution in [0.25, 0.3) is 0 Å². The minimum atomic E-state index is -0.292. The highest BCUT2D eigenvalue weighted by Crippen LogP contribution is 2.34. The molecule has 2 rings (SSSR count). The number of hydrogen-bond acceptors (Lipinski definition) is 3. The Balaban J connectivity index is 2.39. The first-order valence-corrected chi connectivity index (χ1v) is 5.02. The fourth-order valence-corrected chi connectivity index (χ4v) is 1.79. The van der Waals surface area contributed by atoms with Gasteiger partial charge in [-0.05, 0) is 30.2 Å². The van der Waals surface area contributed by atoms with Crippen LogP contribution in [0.4, 0.5) is 5.69 Å². The molecule has 0 radical (unpaired) electrons. The van der Waals surface area contributed by atoms with Gasteiger partial charge >= 0.3 is 5.97 Å². The third-order valence-electron chi connectivity index (χ3n) is 2.68. The van der Waals surface area contributed by atoms with E-state index in [-0.39, 0.29) is 5.97 Å². The molecule has 0 amide bonds. The van der Waals surface area contributed by atoms with Gasteiger partial charge < -0.3 is 4.74 Å². The molecule has 1 aromatic carbocycles. The Kier molecular flexibility index (Phi) is 2.54. The van der Waals surface area contributed by atoms with E-state index in [1.54, 1.807) is 6.07 Å². The number of carbonyl (C=O) groups is 1. The van der Waals surface area contributed by atoms with Crippen molar-refractivity contribution in [3.8, 4) is 0 Å². The van der Waals surface area contributed by atoms with Gasteiger partial charge in [0.2, 0.25) is 0 Å². The first-order chi connectivity index (χ1) is 7.26. The van der Waals surface area contributed by atoms with Gasteiger partial charge in [0.05, 0.1) is 18.4 Å². The second kappa shape index (κ2) is 3.85. The third kappa shape index (κ3) is 1.65. The number of rotatable bonds is 2. The maximum atomic E-state index is 11.3. The Morgan fingerprint density at radius 2 is 2.33 bits per heavy atom. The number of fused-ring (bicyclic) bond motifs is 1. The number of carbonyl (C=O) groups excluding carboxylic acids is 1. The largest absolute Gasteiger partial charge is 0.465 e. The molecule has 3 heteroatoms. The van der Waals surface area contributed by atoms with Crippen molar-refractivity contribution in [3.05, 3.63) is 29.3 Å². The van der Waals surface area contributed by atoms with Crippen LogP contribution in [0.15, 0.2) is 23.2 Å². The quantitative estimate of drug-likeness (QED) is 0.693. The Labute approximate surface area is 88.8 Å². The van der Waals surface area contributed by atoms with Crippen LogP contribution in [-0.4, -0.2) is 19.3 Å². The van der Waals surface area contributed by atoms with E-state index in [1.165, 1.54) is 7.11 Å². The normalized spacial score (nSPS) is 17.6. The Morgan fingerprint density at radius 1 is 1.53 bits per heavy atom. The predicted octanol–water partition coefficient (Wildman–Crippen LogP) is 2.68. The number of nitrogens with zero attached hydrogens (tertiary/aromatic N) is 1. The first-order valence-electron chi connectivity index (χ1n) is 5.02. The summed E-state index contributed by atoms with van der Waals surface area (Å²) in [4.78, 5) is 15.6. The number of ether oxygens (including phenoxy) is 1. The fraction of sp³-hybridized carbons (Fsp3) is 0.333. The minimum absolute atomic E-state index is 0.292. The zero-order valence-corrected chi connectivity index (χ0v) is 8.86. The van der Waals surface area contributed by atoms with Gasteiger partial charge in [0.15, 0.2) is 0 Å². The highest BCUT2D eigenvalue weighted by Gasteiger charge is 2.19. The summed E-state index contributed by atoms with van der Waals surface area (Å²) in [5.74, 6) is 0.0455. The molecule has 1 atom stereocenters. The van der Waals surface area contributed by atoms with Crippen molar-refractivity contribution in [2.45, 2.75) is 19.3 Å². The van der Waals surface area contributed by atoms with Crippen LogP contribution < -0.4 is 0 Å². The lowest BCUT2D eigenvalue weighted by Gasteiger charge is -2.07. The summed E-state index contributed by atoms with van der Waals surface area (Å²) in [6.07, 6.45) is 2.94. The highest BCUT2D eigenvalue weighted by molar-refractivity contribution is 5.92. The lowest BCUT2D eigenvalue weighted by atomic mass is 9.97. The summed E-state index contributed by atoms with van der Waals surface area (Å²) in [6, 6.07) is 5.50. The molecule has 3 nitrogen and oxygen atoms in total. The molecule has 0 bridgehead atoms. The molecule has 1 aliphatic rings. The molecular formula is C12H13NO2. The van der Waals surface area contributed by atoms with Crippen LogP contribution >= 0.6 is 0 Å². The maximum Gasteiger partial charge on any atom is 0.337 e. The van der Waals surface area contributed by atoms with Crippen LogP contribution in [0.5, 0.6) is 0 Å². The van der Waals surface area contributed by atoms with Crippen LogP contribution in [0.3, 0.4) is 0 Å². The molecule has 15 heavy (non-hydrogen) atoms. The van der Waals surface area contributed by atoms with E-state index < -0.39 is 0 Å². The number of aliphatic imine (C=N–C) groups is 1. The van der Waals surface area contributed by atoms with Gasteiger partial charge in [-0.15, -0.1) is 0 Å². The Morgan fingerprint density at radius 3 is 3.00 bits per heavy atom. The van der Waals surface area contributed by atoms with E-state index in [2.05, 4.69) is 16.7 Å². The minimum Gasteiger partial charge on any atom is -0.465 e. The number of esters is 1. The predicted molar refractivity (Wildman–Crippen MR) is 59.0 cm³/mol. The van der Waals surface area contributed by atoms with Crippen LogP contribution in [0.1, 0.15) is 35.2 Å². The van der Waals surface area contributed by atoms with Gasteiger partial charge in [-0.25, -0.2) is 4.79 Å². The summed E-state index contributed by atoms with van der Waals surface area (Å²) in [6.45, 7) is 2.11. The molecule has 1 aromatic rings. The van der Waals surface area contributed by atoms with Gasteiger partial charge in [-0.2, -0.15) is 0 Å². The fourth-order valence-electron chi connectivity index (χ4n) is 1.79. The summed E-state index contributed by atoms with van der Waals surface area (Å²) < 4.78 is 4.69. The van der Waals surface area contributed by atoms with Gasteiger partial charge in [0.25, 0.3) is 0 Å². The van der Waals surface area contributed by atoms with Gasteiger partial charge in [0.1, 0.15) is 0 Å². The second-order valence-electron chi connectivity index (χ2n) is 3.56. The van der Waals surface area contributed by atoms with Crippen molar-refractivity contribution in [1.82, 2.24) is 0 Å². The highest BCUT2D eigenvalue weighted by atomic mass is 16.5. The maximum absolute atomic E-state index is 11.3. The van der Waals surface area contributed by atoms with E-state index >= 15 is 0 Å². The van der Waals surface area contributed by atoms with Crippen molar-refractivity contribution >= 4 is 17.9 Å². The number of methoxy groups -OCH3 is 1. The van der Waals surface area contributed by atoms with E-state index in [4.69, 9.17) is 0 Å². The third-order valence-corrected chi connectivity index (χ3v) is 2.68. The molecule has 1 heterocycles. The standard InChI is InChI=1S/C12H13NO2/c1-3-8-7-13-11-5-4-9(6-10(8)11)12(14)15-2/h4-8H,3H2,1-2H3. The number of hydrogen-bond donors (Lipinski definition) is 0.